The Hall–Kier alpha value is -0.580. The van der Waals surface area contributed by atoms with Crippen molar-refractivity contribution in [2.45, 2.75) is 52.4 Å². The minimum absolute atomic E-state index is 0.792. The molecule has 0 radical (unpaired) electrons. The van der Waals surface area contributed by atoms with Crippen molar-refractivity contribution in [3.8, 4) is 5.75 Å². The molecule has 0 saturated carbocycles. The lowest BCUT2D eigenvalue weighted by Gasteiger charge is -2.09. The molecule has 1 heterocycles. The van der Waals surface area contributed by atoms with Crippen LogP contribution < -0.4 is 4.74 Å². The first-order chi connectivity index (χ1) is 12.1. The van der Waals surface area contributed by atoms with Crippen LogP contribution in [0, 0.1) is 6.92 Å². The standard InChI is InChI=1S/C21H24Br2OS/c1-3-4-5-6-7-8-13-24-19-18(23)12-10-16-15-9-11-17(22)14(2)20(15)25-21(16)19/h9-12H,3-8,13H2,1-2H3. The lowest BCUT2D eigenvalue weighted by molar-refractivity contribution is 0.306. The van der Waals surface area contributed by atoms with Gasteiger partial charge in [-0.05, 0) is 47.0 Å². The van der Waals surface area contributed by atoms with Crippen molar-refractivity contribution in [1.29, 1.82) is 0 Å². The maximum atomic E-state index is 6.21. The fraction of sp³-hybridized carbons (Fsp3) is 0.429. The van der Waals surface area contributed by atoms with E-state index in [0.29, 0.717) is 0 Å². The number of rotatable bonds is 8. The average molecular weight is 484 g/mol. The van der Waals surface area contributed by atoms with E-state index < -0.39 is 0 Å². The molecule has 0 amide bonds. The molecule has 1 nitrogen and oxygen atoms in total. The molecule has 3 aromatic rings. The molecule has 0 bridgehead atoms. The Morgan fingerprint density at radius 1 is 0.840 bits per heavy atom. The predicted octanol–water partition coefficient (Wildman–Crippen LogP) is 8.63. The first kappa shape index (κ1) is 19.2. The fourth-order valence-electron chi connectivity index (χ4n) is 3.16. The first-order valence-corrected chi connectivity index (χ1v) is 11.5. The lowest BCUT2D eigenvalue weighted by atomic mass is 10.1. The van der Waals surface area contributed by atoms with Crippen molar-refractivity contribution in [3.05, 3.63) is 38.8 Å². The third-order valence-corrected chi connectivity index (χ3v) is 7.47. The van der Waals surface area contributed by atoms with Crippen molar-refractivity contribution in [3.63, 3.8) is 0 Å². The maximum absolute atomic E-state index is 6.21. The second kappa shape index (κ2) is 8.88. The Balaban J connectivity index is 1.80. The van der Waals surface area contributed by atoms with Crippen molar-refractivity contribution >= 4 is 63.4 Å². The minimum atomic E-state index is 0.792. The minimum Gasteiger partial charge on any atom is -0.491 e. The average Bonchev–Trinajstić information content (AvgIpc) is 2.98. The molecule has 0 unspecified atom stereocenters. The molecular formula is C21H24Br2OS. The van der Waals surface area contributed by atoms with Gasteiger partial charge < -0.3 is 4.74 Å². The van der Waals surface area contributed by atoms with Crippen LogP contribution in [0.3, 0.4) is 0 Å². The number of unbranched alkanes of at least 4 members (excludes halogenated alkanes) is 5. The highest BCUT2D eigenvalue weighted by Gasteiger charge is 2.15. The smallest absolute Gasteiger partial charge is 0.151 e. The molecule has 0 N–H and O–H groups in total. The van der Waals surface area contributed by atoms with Crippen LogP contribution in [0.15, 0.2) is 33.2 Å². The van der Waals surface area contributed by atoms with E-state index >= 15 is 0 Å². The topological polar surface area (TPSA) is 9.23 Å². The molecule has 0 saturated heterocycles. The zero-order valence-corrected chi connectivity index (χ0v) is 18.8. The van der Waals surface area contributed by atoms with Crippen LogP contribution in [0.4, 0.5) is 0 Å². The van der Waals surface area contributed by atoms with Gasteiger partial charge in [0.1, 0.15) is 0 Å². The Kier molecular flexibility index (Phi) is 6.81. The largest absolute Gasteiger partial charge is 0.491 e. The third kappa shape index (κ3) is 4.23. The van der Waals surface area contributed by atoms with Gasteiger partial charge in [0.2, 0.25) is 0 Å². The molecule has 3 rings (SSSR count). The van der Waals surface area contributed by atoms with Gasteiger partial charge in [-0.15, -0.1) is 11.3 Å². The summed E-state index contributed by atoms with van der Waals surface area (Å²) < 4.78 is 11.0. The van der Waals surface area contributed by atoms with Crippen LogP contribution >= 0.6 is 43.2 Å². The molecule has 25 heavy (non-hydrogen) atoms. The molecular weight excluding hydrogens is 460 g/mol. The highest BCUT2D eigenvalue weighted by Crippen LogP contribution is 2.45. The van der Waals surface area contributed by atoms with E-state index in [1.165, 1.54) is 62.3 Å². The van der Waals surface area contributed by atoms with Gasteiger partial charge >= 0.3 is 0 Å². The zero-order chi connectivity index (χ0) is 17.8. The Bertz CT molecular complexity index is 869. The number of hydrogen-bond acceptors (Lipinski definition) is 2. The van der Waals surface area contributed by atoms with E-state index in [4.69, 9.17) is 4.74 Å². The van der Waals surface area contributed by atoms with Gasteiger partial charge in [-0.3, -0.25) is 0 Å². The molecule has 2 aromatic carbocycles. The van der Waals surface area contributed by atoms with Crippen LogP contribution in [0.5, 0.6) is 5.75 Å². The fourth-order valence-corrected chi connectivity index (χ4v) is 5.50. The highest BCUT2D eigenvalue weighted by molar-refractivity contribution is 9.10. The van der Waals surface area contributed by atoms with Crippen LogP contribution in [-0.2, 0) is 0 Å². The van der Waals surface area contributed by atoms with Crippen molar-refractivity contribution in [2.24, 2.45) is 0 Å². The SMILES string of the molecule is CCCCCCCCOc1c(Br)ccc2c1sc1c(C)c(Br)ccc12. The summed E-state index contributed by atoms with van der Waals surface area (Å²) in [5.41, 5.74) is 1.30. The van der Waals surface area contributed by atoms with Crippen LogP contribution in [0.2, 0.25) is 0 Å². The summed E-state index contributed by atoms with van der Waals surface area (Å²) in [6.07, 6.45) is 7.70. The zero-order valence-electron chi connectivity index (χ0n) is 14.8. The van der Waals surface area contributed by atoms with Gasteiger partial charge in [0.05, 0.1) is 15.8 Å². The van der Waals surface area contributed by atoms with E-state index in [1.807, 2.05) is 11.3 Å². The predicted molar refractivity (Wildman–Crippen MR) is 118 cm³/mol. The summed E-state index contributed by atoms with van der Waals surface area (Å²) in [6, 6.07) is 8.66. The number of hydrogen-bond donors (Lipinski definition) is 0. The number of fused-ring (bicyclic) bond motifs is 3. The number of ether oxygens (including phenoxy) is 1. The van der Waals surface area contributed by atoms with Crippen molar-refractivity contribution in [2.75, 3.05) is 6.61 Å². The van der Waals surface area contributed by atoms with Crippen LogP contribution in [0.1, 0.15) is 51.0 Å². The highest BCUT2D eigenvalue weighted by atomic mass is 79.9. The van der Waals surface area contributed by atoms with Crippen LogP contribution in [0.25, 0.3) is 20.2 Å². The van der Waals surface area contributed by atoms with E-state index in [9.17, 15) is 0 Å². The second-order valence-electron chi connectivity index (χ2n) is 6.52. The summed E-state index contributed by atoms with van der Waals surface area (Å²) in [5, 5.41) is 2.61. The summed E-state index contributed by atoms with van der Waals surface area (Å²) in [4.78, 5) is 0. The molecule has 0 aliphatic rings. The van der Waals surface area contributed by atoms with Gasteiger partial charge in [-0.2, -0.15) is 0 Å². The summed E-state index contributed by atoms with van der Waals surface area (Å²) >= 11 is 9.17. The van der Waals surface area contributed by atoms with E-state index in [2.05, 4.69) is 70.0 Å². The van der Waals surface area contributed by atoms with Gasteiger partial charge in [-0.25, -0.2) is 0 Å². The Labute approximate surface area is 171 Å². The quantitative estimate of drug-likeness (QED) is 0.291. The summed E-state index contributed by atoms with van der Waals surface area (Å²) in [6.45, 7) is 5.22. The van der Waals surface area contributed by atoms with Gasteiger partial charge in [0.25, 0.3) is 0 Å². The van der Waals surface area contributed by atoms with E-state index in [-0.39, 0.29) is 0 Å². The number of thiophene rings is 1. The molecule has 1 aromatic heterocycles. The maximum Gasteiger partial charge on any atom is 0.151 e. The Morgan fingerprint density at radius 2 is 1.48 bits per heavy atom. The molecule has 0 fully saturated rings. The summed E-state index contributed by atoms with van der Waals surface area (Å²) in [5.74, 6) is 1.00. The number of benzene rings is 2. The van der Waals surface area contributed by atoms with Gasteiger partial charge in [0, 0.05) is 19.9 Å². The van der Waals surface area contributed by atoms with E-state index in [1.54, 1.807) is 0 Å². The number of halogens is 2. The third-order valence-electron chi connectivity index (χ3n) is 4.64. The molecule has 0 atom stereocenters. The second-order valence-corrected chi connectivity index (χ2v) is 9.25. The van der Waals surface area contributed by atoms with E-state index in [0.717, 1.165) is 23.2 Å². The monoisotopic (exact) mass is 482 g/mol. The first-order valence-electron chi connectivity index (χ1n) is 9.06. The Morgan fingerprint density at radius 3 is 2.24 bits per heavy atom. The lowest BCUT2D eigenvalue weighted by Crippen LogP contribution is -1.98. The molecule has 0 spiro atoms. The van der Waals surface area contributed by atoms with Gasteiger partial charge in [-0.1, -0.05) is 67.1 Å². The molecule has 134 valence electrons. The molecule has 0 aliphatic heterocycles. The van der Waals surface area contributed by atoms with Crippen molar-refractivity contribution in [1.82, 2.24) is 0 Å². The molecule has 0 aliphatic carbocycles. The number of aryl methyl sites for hydroxylation is 1. The summed E-state index contributed by atoms with van der Waals surface area (Å²) in [7, 11) is 0. The van der Waals surface area contributed by atoms with Crippen LogP contribution in [-0.4, -0.2) is 6.61 Å². The normalized spacial score (nSPS) is 11.5. The van der Waals surface area contributed by atoms with Gasteiger partial charge in [0.15, 0.2) is 5.75 Å². The molecule has 4 heteroatoms. The van der Waals surface area contributed by atoms with Crippen molar-refractivity contribution < 1.29 is 4.74 Å².